The maximum absolute atomic E-state index is 13.4. The Hall–Kier alpha value is -2.37. The molecule has 0 radical (unpaired) electrons. The van der Waals surface area contributed by atoms with Crippen molar-refractivity contribution in [1.29, 1.82) is 0 Å². The topological polar surface area (TPSA) is 68.5 Å². The quantitative estimate of drug-likeness (QED) is 0.695. The van der Waals surface area contributed by atoms with E-state index in [1.54, 1.807) is 13.0 Å². The van der Waals surface area contributed by atoms with Crippen molar-refractivity contribution in [2.24, 2.45) is 5.41 Å². The first-order valence-corrected chi connectivity index (χ1v) is 7.47. The predicted molar refractivity (Wildman–Crippen MR) is 81.1 cm³/mol. The Morgan fingerprint density at radius 1 is 1.39 bits per heavy atom. The summed E-state index contributed by atoms with van der Waals surface area (Å²) in [5.74, 6) is -0.652. The number of hydrogen-bond donors (Lipinski definition) is 1. The molecule has 1 fully saturated rings. The molecule has 3 rings (SSSR count). The van der Waals surface area contributed by atoms with Crippen LogP contribution in [0.15, 0.2) is 22.6 Å². The van der Waals surface area contributed by atoms with Crippen LogP contribution in [-0.2, 0) is 14.3 Å². The van der Waals surface area contributed by atoms with Crippen molar-refractivity contribution in [3.63, 3.8) is 0 Å². The third kappa shape index (κ3) is 2.48. The molecule has 1 aliphatic rings. The molecule has 1 heterocycles. The number of fused-ring (bicyclic) bond motifs is 1. The largest absolute Gasteiger partial charge is 0.468 e. The Balaban J connectivity index is 1.84. The molecule has 23 heavy (non-hydrogen) atoms. The summed E-state index contributed by atoms with van der Waals surface area (Å²) in [5.41, 5.74) is 0.277. The van der Waals surface area contributed by atoms with Crippen LogP contribution in [-0.4, -0.2) is 19.0 Å². The number of carbonyl (C=O) groups excluding carboxylic acids is 2. The molecule has 122 valence electrons. The lowest BCUT2D eigenvalue weighted by molar-refractivity contribution is -0.152. The lowest BCUT2D eigenvalue weighted by Gasteiger charge is -2.17. The molecule has 1 N–H and O–H groups in total. The maximum Gasteiger partial charge on any atom is 0.321 e. The van der Waals surface area contributed by atoms with Gasteiger partial charge in [-0.05, 0) is 44.9 Å². The molecule has 0 bridgehead atoms. The smallest absolute Gasteiger partial charge is 0.321 e. The standard InChI is InChI=1S/C17H18FNO4/c1-9-12-8-11(18)4-5-13(12)23-14(9)10(2)19-15(20)17(6-7-17)16(21)22-3/h4-5,8,10H,6-7H2,1-3H3,(H,19,20). The summed E-state index contributed by atoms with van der Waals surface area (Å²) in [7, 11) is 1.27. The number of aryl methyl sites for hydroxylation is 1. The van der Waals surface area contributed by atoms with Crippen LogP contribution in [0.25, 0.3) is 11.0 Å². The van der Waals surface area contributed by atoms with E-state index in [0.717, 1.165) is 5.56 Å². The van der Waals surface area contributed by atoms with Crippen molar-refractivity contribution >= 4 is 22.8 Å². The maximum atomic E-state index is 13.4. The summed E-state index contributed by atoms with van der Waals surface area (Å²) in [6, 6.07) is 3.87. The number of amides is 1. The van der Waals surface area contributed by atoms with Crippen molar-refractivity contribution in [2.45, 2.75) is 32.7 Å². The number of furan rings is 1. The van der Waals surface area contributed by atoms with Crippen LogP contribution in [0.2, 0.25) is 0 Å². The molecule has 1 aromatic carbocycles. The van der Waals surface area contributed by atoms with Gasteiger partial charge in [-0.3, -0.25) is 9.59 Å². The van der Waals surface area contributed by atoms with E-state index < -0.39 is 17.4 Å². The fourth-order valence-corrected chi connectivity index (χ4v) is 2.87. The molecule has 1 saturated carbocycles. The zero-order chi connectivity index (χ0) is 16.8. The summed E-state index contributed by atoms with van der Waals surface area (Å²) >= 11 is 0. The number of nitrogens with one attached hydrogen (secondary N) is 1. The lowest BCUT2D eigenvalue weighted by atomic mass is 10.0. The Morgan fingerprint density at radius 3 is 2.70 bits per heavy atom. The molecule has 1 atom stereocenters. The Bertz CT molecular complexity index is 791. The number of ether oxygens (including phenoxy) is 1. The summed E-state index contributed by atoms with van der Waals surface area (Å²) in [6.45, 7) is 3.59. The third-order valence-corrected chi connectivity index (χ3v) is 4.44. The second kappa shape index (κ2) is 5.37. The molecule has 2 aromatic rings. The van der Waals surface area contributed by atoms with Gasteiger partial charge in [0.1, 0.15) is 22.6 Å². The summed E-state index contributed by atoms with van der Waals surface area (Å²) < 4.78 is 23.8. The van der Waals surface area contributed by atoms with Gasteiger partial charge in [0.15, 0.2) is 0 Å². The molecule has 5 nitrogen and oxygen atoms in total. The summed E-state index contributed by atoms with van der Waals surface area (Å²) in [5, 5.41) is 3.48. The molecule has 1 aromatic heterocycles. The van der Waals surface area contributed by atoms with Gasteiger partial charge in [-0.1, -0.05) is 0 Å². The molecule has 6 heteroatoms. The summed E-state index contributed by atoms with van der Waals surface area (Å²) in [4.78, 5) is 24.1. The monoisotopic (exact) mass is 319 g/mol. The Labute approximate surface area is 132 Å². The van der Waals surface area contributed by atoms with E-state index in [9.17, 15) is 14.0 Å². The van der Waals surface area contributed by atoms with E-state index in [1.807, 2.05) is 6.92 Å². The second-order valence-electron chi connectivity index (χ2n) is 6.00. The highest BCUT2D eigenvalue weighted by atomic mass is 19.1. The van der Waals surface area contributed by atoms with Crippen LogP contribution in [0.5, 0.6) is 0 Å². The van der Waals surface area contributed by atoms with Crippen molar-refractivity contribution < 1.29 is 23.1 Å². The van der Waals surface area contributed by atoms with Crippen molar-refractivity contribution in [2.75, 3.05) is 7.11 Å². The highest BCUT2D eigenvalue weighted by Crippen LogP contribution is 2.47. The number of benzene rings is 1. The van der Waals surface area contributed by atoms with Crippen LogP contribution in [0.3, 0.4) is 0 Å². The van der Waals surface area contributed by atoms with Gasteiger partial charge in [0.25, 0.3) is 0 Å². The highest BCUT2D eigenvalue weighted by Gasteiger charge is 2.58. The number of methoxy groups -OCH3 is 1. The minimum absolute atomic E-state index is 0.340. The molecular weight excluding hydrogens is 301 g/mol. The lowest BCUT2D eigenvalue weighted by Crippen LogP contribution is -2.39. The van der Waals surface area contributed by atoms with Crippen molar-refractivity contribution in [3.05, 3.63) is 35.3 Å². The zero-order valence-electron chi connectivity index (χ0n) is 13.2. The van der Waals surface area contributed by atoms with Crippen molar-refractivity contribution in [3.8, 4) is 0 Å². The van der Waals surface area contributed by atoms with Crippen LogP contribution >= 0.6 is 0 Å². The fourth-order valence-electron chi connectivity index (χ4n) is 2.87. The summed E-state index contributed by atoms with van der Waals surface area (Å²) in [6.07, 6.45) is 0.977. The molecule has 1 amide bonds. The SMILES string of the molecule is COC(=O)C1(C(=O)NC(C)c2oc3ccc(F)cc3c2C)CC1. The van der Waals surface area contributed by atoms with Crippen LogP contribution in [0, 0.1) is 18.2 Å². The zero-order valence-corrected chi connectivity index (χ0v) is 13.2. The molecule has 0 saturated heterocycles. The van der Waals surface area contributed by atoms with Crippen LogP contribution < -0.4 is 5.32 Å². The first-order valence-electron chi connectivity index (χ1n) is 7.47. The number of hydrogen-bond acceptors (Lipinski definition) is 4. The minimum Gasteiger partial charge on any atom is -0.468 e. The van der Waals surface area contributed by atoms with Gasteiger partial charge >= 0.3 is 5.97 Å². The van der Waals surface area contributed by atoms with Gasteiger partial charge in [-0.15, -0.1) is 0 Å². The number of halogens is 1. The molecule has 0 aliphatic heterocycles. The average molecular weight is 319 g/mol. The van der Waals surface area contributed by atoms with E-state index in [0.29, 0.717) is 29.6 Å². The van der Waals surface area contributed by atoms with Crippen molar-refractivity contribution in [1.82, 2.24) is 5.32 Å². The highest BCUT2D eigenvalue weighted by molar-refractivity contribution is 6.05. The van der Waals surface area contributed by atoms with E-state index in [2.05, 4.69) is 5.32 Å². The van der Waals surface area contributed by atoms with Gasteiger partial charge in [-0.25, -0.2) is 4.39 Å². The number of carbonyl (C=O) groups is 2. The second-order valence-corrected chi connectivity index (χ2v) is 6.00. The first-order chi connectivity index (χ1) is 10.9. The van der Waals surface area contributed by atoms with Gasteiger partial charge in [0, 0.05) is 10.9 Å². The predicted octanol–water partition coefficient (Wildman–Crippen LogP) is 3.01. The Morgan fingerprint density at radius 2 is 2.09 bits per heavy atom. The molecule has 0 spiro atoms. The van der Waals surface area contributed by atoms with Gasteiger partial charge < -0.3 is 14.5 Å². The first kappa shape index (κ1) is 15.5. The molecule has 1 aliphatic carbocycles. The van der Waals surface area contributed by atoms with E-state index in [4.69, 9.17) is 9.15 Å². The van der Waals surface area contributed by atoms with Gasteiger partial charge in [0.05, 0.1) is 13.2 Å². The van der Waals surface area contributed by atoms with Crippen LogP contribution in [0.1, 0.15) is 37.1 Å². The normalized spacial score (nSPS) is 16.9. The van der Waals surface area contributed by atoms with E-state index >= 15 is 0 Å². The molecule has 1 unspecified atom stereocenters. The minimum atomic E-state index is -1.06. The van der Waals surface area contributed by atoms with Gasteiger partial charge in [0.2, 0.25) is 5.91 Å². The number of rotatable bonds is 4. The Kier molecular flexibility index (Phi) is 3.62. The fraction of sp³-hybridized carbons (Fsp3) is 0.412. The third-order valence-electron chi connectivity index (χ3n) is 4.44. The molecular formula is C17H18FNO4. The van der Waals surface area contributed by atoms with Gasteiger partial charge in [-0.2, -0.15) is 0 Å². The van der Waals surface area contributed by atoms with E-state index in [1.165, 1.54) is 19.2 Å². The number of esters is 1. The van der Waals surface area contributed by atoms with E-state index in [-0.39, 0.29) is 11.7 Å². The van der Waals surface area contributed by atoms with Crippen LogP contribution in [0.4, 0.5) is 4.39 Å². The average Bonchev–Trinajstić information content (AvgIpc) is 3.28.